The summed E-state index contributed by atoms with van der Waals surface area (Å²) in [5.74, 6) is 0.0588. The third-order valence-corrected chi connectivity index (χ3v) is 4.02. The Labute approximate surface area is 148 Å². The van der Waals surface area contributed by atoms with Crippen molar-refractivity contribution in [1.29, 1.82) is 0 Å². The Hall–Kier alpha value is -3.76. The van der Waals surface area contributed by atoms with Crippen molar-refractivity contribution in [2.45, 2.75) is 6.18 Å². The summed E-state index contributed by atoms with van der Waals surface area (Å²) in [6, 6.07) is 10.3. The Morgan fingerprint density at radius 3 is 2.59 bits per heavy atom. The van der Waals surface area contributed by atoms with Gasteiger partial charge in [0, 0.05) is 0 Å². The van der Waals surface area contributed by atoms with E-state index in [0.29, 0.717) is 16.7 Å². The van der Waals surface area contributed by atoms with Crippen LogP contribution in [0.2, 0.25) is 0 Å². The molecule has 4 aromatic heterocycles. The van der Waals surface area contributed by atoms with Crippen LogP contribution in [0.3, 0.4) is 0 Å². The molecule has 0 aliphatic carbocycles. The molecule has 0 fully saturated rings. The molecule has 27 heavy (non-hydrogen) atoms. The maximum Gasteiger partial charge on any atom is 0.432 e. The fraction of sp³-hybridized carbons (Fsp3) is 0.0625. The average molecular weight is 370 g/mol. The number of halogens is 3. The molecule has 0 bridgehead atoms. The van der Waals surface area contributed by atoms with Crippen LogP contribution in [0.5, 0.6) is 0 Å². The molecule has 4 heterocycles. The van der Waals surface area contributed by atoms with Gasteiger partial charge in [0.15, 0.2) is 11.3 Å². The van der Waals surface area contributed by atoms with Crippen LogP contribution >= 0.6 is 0 Å². The van der Waals surface area contributed by atoms with E-state index < -0.39 is 11.9 Å². The van der Waals surface area contributed by atoms with Crippen molar-refractivity contribution in [1.82, 2.24) is 39.6 Å². The minimum atomic E-state index is -4.52. The summed E-state index contributed by atoms with van der Waals surface area (Å²) >= 11 is 0. The lowest BCUT2D eigenvalue weighted by Gasteiger charge is -2.01. The van der Waals surface area contributed by atoms with Gasteiger partial charge in [0.2, 0.25) is 5.82 Å². The summed E-state index contributed by atoms with van der Waals surface area (Å²) in [4.78, 5) is 8.67. The Morgan fingerprint density at radius 1 is 1.04 bits per heavy atom. The number of aromatic amines is 1. The largest absolute Gasteiger partial charge is 0.432 e. The first-order valence-electron chi connectivity index (χ1n) is 7.78. The normalized spacial score (nSPS) is 12.3. The molecule has 0 aliphatic heterocycles. The summed E-state index contributed by atoms with van der Waals surface area (Å²) < 4.78 is 41.3. The van der Waals surface area contributed by atoms with Gasteiger partial charge >= 0.3 is 6.18 Å². The quantitative estimate of drug-likeness (QED) is 0.516. The number of benzene rings is 1. The van der Waals surface area contributed by atoms with Gasteiger partial charge < -0.3 is 0 Å². The van der Waals surface area contributed by atoms with E-state index in [1.165, 1.54) is 10.8 Å². The molecule has 8 nitrogen and oxygen atoms in total. The van der Waals surface area contributed by atoms with Crippen LogP contribution in [0, 0.1) is 0 Å². The van der Waals surface area contributed by atoms with Crippen LogP contribution in [0.4, 0.5) is 13.2 Å². The number of alkyl halides is 3. The van der Waals surface area contributed by atoms with Crippen molar-refractivity contribution in [3.8, 4) is 17.2 Å². The van der Waals surface area contributed by atoms with E-state index in [2.05, 4.69) is 25.3 Å². The second kappa shape index (κ2) is 5.37. The predicted octanol–water partition coefficient (Wildman–Crippen LogP) is 2.87. The molecule has 0 amide bonds. The molecule has 1 N–H and O–H groups in total. The number of para-hydroxylation sites is 1. The highest BCUT2D eigenvalue weighted by atomic mass is 19.4. The molecule has 5 aromatic rings. The SMILES string of the molecule is FC(F)(F)c1cc(-c2nc3c4cnn(-c5ccccc5)c4ncn3n2)n[nH]1. The van der Waals surface area contributed by atoms with Gasteiger partial charge in [0.25, 0.3) is 0 Å². The highest BCUT2D eigenvalue weighted by Crippen LogP contribution is 2.30. The van der Waals surface area contributed by atoms with Gasteiger partial charge in [-0.1, -0.05) is 18.2 Å². The monoisotopic (exact) mass is 370 g/mol. The number of hydrogen-bond acceptors (Lipinski definition) is 5. The molecule has 1 aromatic carbocycles. The number of H-pyrrole nitrogens is 1. The lowest BCUT2D eigenvalue weighted by atomic mass is 10.3. The topological polar surface area (TPSA) is 89.6 Å². The highest BCUT2D eigenvalue weighted by molar-refractivity contribution is 5.89. The maximum atomic E-state index is 12.8. The first-order chi connectivity index (χ1) is 13.0. The van der Waals surface area contributed by atoms with Gasteiger partial charge in [-0.25, -0.2) is 19.2 Å². The summed E-state index contributed by atoms with van der Waals surface area (Å²) in [5, 5.41) is 14.7. The number of nitrogens with zero attached hydrogens (tertiary/aromatic N) is 7. The number of fused-ring (bicyclic) bond motifs is 3. The van der Waals surface area contributed by atoms with Crippen LogP contribution in [0.1, 0.15) is 5.69 Å². The van der Waals surface area contributed by atoms with Crippen molar-refractivity contribution in [2.24, 2.45) is 0 Å². The fourth-order valence-corrected chi connectivity index (χ4v) is 2.77. The highest BCUT2D eigenvalue weighted by Gasteiger charge is 2.33. The molecule has 11 heteroatoms. The van der Waals surface area contributed by atoms with Crippen LogP contribution in [0.15, 0.2) is 48.9 Å². The second-order valence-corrected chi connectivity index (χ2v) is 5.74. The molecule has 0 radical (unpaired) electrons. The Bertz CT molecular complexity index is 1270. The molecule has 134 valence electrons. The zero-order valence-corrected chi connectivity index (χ0v) is 13.4. The Balaban J connectivity index is 1.65. The van der Waals surface area contributed by atoms with Crippen molar-refractivity contribution < 1.29 is 13.2 Å². The number of nitrogens with one attached hydrogen (secondary N) is 1. The van der Waals surface area contributed by atoms with Gasteiger partial charge in [-0.05, 0) is 18.2 Å². The van der Waals surface area contributed by atoms with Crippen molar-refractivity contribution >= 4 is 16.7 Å². The Morgan fingerprint density at radius 2 is 1.85 bits per heavy atom. The number of aromatic nitrogens is 8. The van der Waals surface area contributed by atoms with E-state index in [1.54, 1.807) is 10.9 Å². The lowest BCUT2D eigenvalue weighted by Crippen LogP contribution is -2.04. The summed E-state index contributed by atoms with van der Waals surface area (Å²) in [5.41, 5.74) is 0.844. The first-order valence-corrected chi connectivity index (χ1v) is 7.78. The summed E-state index contributed by atoms with van der Waals surface area (Å²) in [7, 11) is 0. The third-order valence-electron chi connectivity index (χ3n) is 4.02. The minimum Gasteiger partial charge on any atom is -0.273 e. The van der Waals surface area contributed by atoms with Crippen molar-refractivity contribution in [2.75, 3.05) is 0 Å². The van der Waals surface area contributed by atoms with Crippen molar-refractivity contribution in [3.63, 3.8) is 0 Å². The Kier molecular flexibility index (Phi) is 3.08. The minimum absolute atomic E-state index is 0.00498. The second-order valence-electron chi connectivity index (χ2n) is 5.74. The van der Waals surface area contributed by atoms with E-state index in [1.807, 2.05) is 35.4 Å². The molecular formula is C16H9F3N8. The van der Waals surface area contributed by atoms with Crippen LogP contribution < -0.4 is 0 Å². The average Bonchev–Trinajstić information content (AvgIpc) is 3.37. The van der Waals surface area contributed by atoms with E-state index >= 15 is 0 Å². The maximum absolute atomic E-state index is 12.8. The van der Waals surface area contributed by atoms with Gasteiger partial charge in [-0.3, -0.25) is 5.10 Å². The summed E-state index contributed by atoms with van der Waals surface area (Å²) in [6.07, 6.45) is -1.49. The standard InChI is InChI=1S/C16H9F3N8/c17-16(18,19)12-6-11(23-24-12)13-22-15-10-7-21-27(9-4-2-1-3-5-9)14(10)20-8-26(15)25-13/h1-8H,(H,23,24). The molecule has 0 atom stereocenters. The van der Waals surface area contributed by atoms with Crippen LogP contribution in [0.25, 0.3) is 33.9 Å². The number of rotatable bonds is 2. The molecule has 0 spiro atoms. The molecule has 0 aliphatic rings. The molecular weight excluding hydrogens is 361 g/mol. The van der Waals surface area contributed by atoms with Gasteiger partial charge in [-0.15, -0.1) is 5.10 Å². The van der Waals surface area contributed by atoms with E-state index in [-0.39, 0.29) is 11.5 Å². The molecule has 0 saturated carbocycles. The molecule has 0 unspecified atom stereocenters. The zero-order valence-electron chi connectivity index (χ0n) is 13.4. The van der Waals surface area contributed by atoms with E-state index in [9.17, 15) is 13.2 Å². The van der Waals surface area contributed by atoms with Gasteiger partial charge in [0.05, 0.1) is 17.3 Å². The van der Waals surface area contributed by atoms with Gasteiger partial charge in [0.1, 0.15) is 17.7 Å². The zero-order chi connectivity index (χ0) is 18.6. The van der Waals surface area contributed by atoms with E-state index in [4.69, 9.17) is 0 Å². The van der Waals surface area contributed by atoms with Crippen LogP contribution in [-0.4, -0.2) is 39.6 Å². The first kappa shape index (κ1) is 15.5. The smallest absolute Gasteiger partial charge is 0.273 e. The number of hydrogen-bond donors (Lipinski definition) is 1. The third kappa shape index (κ3) is 2.43. The predicted molar refractivity (Wildman–Crippen MR) is 88.0 cm³/mol. The van der Waals surface area contributed by atoms with E-state index in [0.717, 1.165) is 11.8 Å². The molecule has 5 rings (SSSR count). The van der Waals surface area contributed by atoms with Crippen molar-refractivity contribution in [3.05, 3.63) is 54.6 Å². The lowest BCUT2D eigenvalue weighted by molar-refractivity contribution is -0.141. The fourth-order valence-electron chi connectivity index (χ4n) is 2.77. The molecule has 0 saturated heterocycles. The van der Waals surface area contributed by atoms with Crippen LogP contribution in [-0.2, 0) is 6.18 Å². The summed E-state index contributed by atoms with van der Waals surface area (Å²) in [6.45, 7) is 0. The van der Waals surface area contributed by atoms with Gasteiger partial charge in [-0.2, -0.15) is 23.4 Å².